The van der Waals surface area contributed by atoms with Gasteiger partial charge in [-0.3, -0.25) is 4.90 Å². The fourth-order valence-corrected chi connectivity index (χ4v) is 6.42. The highest BCUT2D eigenvalue weighted by Gasteiger charge is 2.37. The van der Waals surface area contributed by atoms with Crippen LogP contribution in [0, 0.1) is 6.92 Å². The number of cyclic esters (lactones) is 1. The van der Waals surface area contributed by atoms with Crippen LogP contribution < -0.4 is 4.90 Å². The molecule has 0 N–H and O–H groups in total. The molecule has 37 heavy (non-hydrogen) atoms. The van der Waals surface area contributed by atoms with Gasteiger partial charge in [0.05, 0.1) is 17.7 Å². The number of allylic oxidation sites excluding steroid dienone is 5. The van der Waals surface area contributed by atoms with E-state index in [2.05, 4.69) is 22.0 Å². The predicted octanol–water partition coefficient (Wildman–Crippen LogP) is 6.06. The smallest absolute Gasteiger partial charge is 0.414 e. The van der Waals surface area contributed by atoms with Crippen molar-refractivity contribution in [3.63, 3.8) is 0 Å². The number of anilines is 1. The Bertz CT molecular complexity index is 1310. The van der Waals surface area contributed by atoms with Gasteiger partial charge in [0, 0.05) is 24.7 Å². The van der Waals surface area contributed by atoms with Crippen molar-refractivity contribution >= 4 is 37.7 Å². The number of para-hydroxylation sites is 1. The summed E-state index contributed by atoms with van der Waals surface area (Å²) in [5, 5.41) is 0. The van der Waals surface area contributed by atoms with E-state index in [4.69, 9.17) is 9.47 Å². The van der Waals surface area contributed by atoms with Crippen LogP contribution in [0.5, 0.6) is 0 Å². The molecule has 2 aromatic carbocycles. The normalized spacial score (nSPS) is 18.5. The second-order valence-corrected chi connectivity index (χ2v) is 11.9. The Balaban J connectivity index is 0.000000270. The fourth-order valence-electron chi connectivity index (χ4n) is 4.62. The summed E-state index contributed by atoms with van der Waals surface area (Å²) < 4.78 is 38.7. The van der Waals surface area contributed by atoms with Crippen LogP contribution >= 0.6 is 15.9 Å². The lowest BCUT2D eigenvalue weighted by Gasteiger charge is -2.40. The van der Waals surface area contributed by atoms with Crippen molar-refractivity contribution in [3.05, 3.63) is 94.2 Å². The molecule has 9 heteroatoms. The monoisotopic (exact) mass is 586 g/mol. The number of carbonyl (C=O) groups is 1. The van der Waals surface area contributed by atoms with E-state index in [9.17, 15) is 13.2 Å². The van der Waals surface area contributed by atoms with Gasteiger partial charge in [-0.05, 0) is 66.6 Å². The van der Waals surface area contributed by atoms with Crippen LogP contribution in [-0.2, 0) is 26.1 Å². The van der Waals surface area contributed by atoms with E-state index < -0.39 is 10.0 Å². The molecule has 0 unspecified atom stereocenters. The Hall–Kier alpha value is -2.88. The molecule has 1 aliphatic carbocycles. The number of rotatable bonds is 4. The van der Waals surface area contributed by atoms with E-state index in [0.717, 1.165) is 29.0 Å². The second kappa shape index (κ2) is 12.1. The Morgan fingerprint density at radius 3 is 2.46 bits per heavy atom. The van der Waals surface area contributed by atoms with E-state index in [1.165, 1.54) is 8.79 Å². The van der Waals surface area contributed by atoms with Crippen molar-refractivity contribution in [2.45, 2.75) is 43.7 Å². The minimum absolute atomic E-state index is 0.0696. The summed E-state index contributed by atoms with van der Waals surface area (Å²) in [6, 6.07) is 14.3. The molecule has 0 bridgehead atoms. The molecule has 1 saturated heterocycles. The Morgan fingerprint density at radius 1 is 1.03 bits per heavy atom. The molecular weight excluding hydrogens is 556 g/mol. The molecule has 2 heterocycles. The topological polar surface area (TPSA) is 76.2 Å². The number of sulfonamides is 1. The van der Waals surface area contributed by atoms with Crippen molar-refractivity contribution in [2.75, 3.05) is 25.1 Å². The molecule has 0 saturated carbocycles. The number of carbonyl (C=O) groups excluding carboxylic acids is 1. The zero-order chi connectivity index (χ0) is 26.4. The first-order valence-corrected chi connectivity index (χ1v) is 14.4. The molecule has 3 aliphatic rings. The first-order chi connectivity index (χ1) is 17.8. The standard InChI is InChI=1S/C20H22N2O4S.C8H9BrO/c1-15-6-5-7-16-14-26-20(23)22(19(15)16)17-10-12-21(13-11-17)27(24,25)18-8-3-2-4-9-18;1-10-8-4-2-3-7(9)5-6-8/h2-9,17H,10-14H2,1H3;2,4-6H,3H2,1H3. The van der Waals surface area contributed by atoms with Crippen LogP contribution in [0.2, 0.25) is 0 Å². The Labute approximate surface area is 227 Å². The number of amides is 1. The summed E-state index contributed by atoms with van der Waals surface area (Å²) in [5.74, 6) is 0.898. The number of ether oxygens (including phenoxy) is 2. The number of methoxy groups -OCH3 is 1. The van der Waals surface area contributed by atoms with E-state index in [1.807, 2.05) is 43.4 Å². The highest BCUT2D eigenvalue weighted by molar-refractivity contribution is 9.11. The molecule has 5 rings (SSSR count). The van der Waals surface area contributed by atoms with Crippen molar-refractivity contribution in [1.82, 2.24) is 4.31 Å². The van der Waals surface area contributed by atoms with Crippen LogP contribution in [0.1, 0.15) is 30.4 Å². The van der Waals surface area contributed by atoms with Gasteiger partial charge in [0.25, 0.3) is 0 Å². The molecule has 1 amide bonds. The SMILES string of the molecule is COC1=CC=C(Br)CC=C1.Cc1cccc2c1N(C1CCN(S(=O)(=O)c3ccccc3)CC1)C(=O)OC2. The highest BCUT2D eigenvalue weighted by atomic mass is 79.9. The molecule has 0 atom stereocenters. The number of halogens is 1. The minimum Gasteiger partial charge on any atom is -0.497 e. The van der Waals surface area contributed by atoms with Crippen molar-refractivity contribution in [2.24, 2.45) is 0 Å². The van der Waals surface area contributed by atoms with Gasteiger partial charge in [0.15, 0.2) is 0 Å². The average Bonchev–Trinajstić information content (AvgIpc) is 3.14. The average molecular weight is 588 g/mol. The maximum Gasteiger partial charge on any atom is 0.414 e. The van der Waals surface area contributed by atoms with E-state index in [1.54, 1.807) is 42.3 Å². The fraction of sp³-hybridized carbons (Fsp3) is 0.321. The predicted molar refractivity (Wildman–Crippen MR) is 148 cm³/mol. The molecule has 0 radical (unpaired) electrons. The van der Waals surface area contributed by atoms with E-state index in [0.29, 0.717) is 30.8 Å². The maximum atomic E-state index is 12.8. The van der Waals surface area contributed by atoms with Gasteiger partial charge in [0.2, 0.25) is 10.0 Å². The number of nitrogens with zero attached hydrogens (tertiary/aromatic N) is 2. The molecule has 1 fully saturated rings. The third-order valence-electron chi connectivity index (χ3n) is 6.54. The molecule has 2 aliphatic heterocycles. The number of hydrogen-bond donors (Lipinski definition) is 0. The third kappa shape index (κ3) is 6.34. The van der Waals surface area contributed by atoms with Crippen molar-refractivity contribution in [3.8, 4) is 0 Å². The number of piperidine rings is 1. The Kier molecular flexibility index (Phi) is 8.89. The van der Waals surface area contributed by atoms with Crippen molar-refractivity contribution < 1.29 is 22.7 Å². The molecular formula is C28H31BrN2O5S. The lowest BCUT2D eigenvalue weighted by molar-refractivity contribution is 0.135. The van der Waals surface area contributed by atoms with Crippen LogP contribution in [-0.4, -0.2) is 45.1 Å². The number of aryl methyl sites for hydroxylation is 1. The zero-order valence-electron chi connectivity index (χ0n) is 21.0. The van der Waals surface area contributed by atoms with E-state index in [-0.39, 0.29) is 18.7 Å². The third-order valence-corrected chi connectivity index (χ3v) is 9.04. The number of benzene rings is 2. The van der Waals surface area contributed by atoms with Crippen LogP contribution in [0.3, 0.4) is 0 Å². The summed E-state index contributed by atoms with van der Waals surface area (Å²) in [5.41, 5.74) is 2.94. The van der Waals surface area contributed by atoms with Gasteiger partial charge < -0.3 is 9.47 Å². The van der Waals surface area contributed by atoms with Gasteiger partial charge in [-0.1, -0.05) is 58.4 Å². The largest absolute Gasteiger partial charge is 0.497 e. The van der Waals surface area contributed by atoms with Crippen LogP contribution in [0.4, 0.5) is 10.5 Å². The van der Waals surface area contributed by atoms with Crippen LogP contribution in [0.25, 0.3) is 0 Å². The molecule has 0 aromatic heterocycles. The highest BCUT2D eigenvalue weighted by Crippen LogP contribution is 2.35. The lowest BCUT2D eigenvalue weighted by atomic mass is 10.00. The van der Waals surface area contributed by atoms with Gasteiger partial charge in [-0.15, -0.1) is 0 Å². The van der Waals surface area contributed by atoms with Crippen LogP contribution in [0.15, 0.2) is 88.0 Å². The molecule has 196 valence electrons. The van der Waals surface area contributed by atoms with Gasteiger partial charge >= 0.3 is 6.09 Å². The molecule has 7 nitrogen and oxygen atoms in total. The Morgan fingerprint density at radius 2 is 1.76 bits per heavy atom. The van der Waals surface area contributed by atoms with Gasteiger partial charge in [0.1, 0.15) is 12.4 Å². The zero-order valence-corrected chi connectivity index (χ0v) is 23.4. The molecule has 0 spiro atoms. The first kappa shape index (κ1) is 27.2. The number of hydrogen-bond acceptors (Lipinski definition) is 5. The second-order valence-electron chi connectivity index (χ2n) is 8.95. The number of fused-ring (bicyclic) bond motifs is 1. The lowest BCUT2D eigenvalue weighted by Crippen LogP contribution is -2.50. The summed E-state index contributed by atoms with van der Waals surface area (Å²) >= 11 is 3.40. The molecule has 2 aromatic rings. The summed E-state index contributed by atoms with van der Waals surface area (Å²) in [6.45, 7) is 3.03. The van der Waals surface area contributed by atoms with E-state index >= 15 is 0 Å². The van der Waals surface area contributed by atoms with Gasteiger partial charge in [-0.2, -0.15) is 4.31 Å². The quantitative estimate of drug-likeness (QED) is 0.435. The maximum absolute atomic E-state index is 12.8. The summed E-state index contributed by atoms with van der Waals surface area (Å²) in [6.07, 6.45) is 9.72. The summed E-state index contributed by atoms with van der Waals surface area (Å²) in [4.78, 5) is 14.5. The van der Waals surface area contributed by atoms with Crippen molar-refractivity contribution in [1.29, 1.82) is 0 Å². The summed E-state index contributed by atoms with van der Waals surface area (Å²) in [7, 11) is -1.83. The first-order valence-electron chi connectivity index (χ1n) is 12.2. The minimum atomic E-state index is -3.50. The van der Waals surface area contributed by atoms with Gasteiger partial charge in [-0.25, -0.2) is 13.2 Å².